The quantitative estimate of drug-likeness (QED) is 0.796. The third kappa shape index (κ3) is 2.08. The van der Waals surface area contributed by atoms with Crippen molar-refractivity contribution in [1.82, 2.24) is 5.32 Å². The highest BCUT2D eigenvalue weighted by Gasteiger charge is 2.04. The fourth-order valence-corrected chi connectivity index (χ4v) is 1.57. The van der Waals surface area contributed by atoms with E-state index in [1.165, 1.54) is 0 Å². The Hall–Kier alpha value is -2.16. The molecule has 82 valence electrons. The first-order chi connectivity index (χ1) is 7.81. The zero-order chi connectivity index (χ0) is 11.4. The van der Waals surface area contributed by atoms with Crippen molar-refractivity contribution in [2.45, 2.75) is 0 Å². The molecule has 0 aliphatic carbocycles. The third-order valence-electron chi connectivity index (χ3n) is 2.36. The van der Waals surface area contributed by atoms with Crippen LogP contribution in [0.15, 0.2) is 42.5 Å². The fourth-order valence-electron chi connectivity index (χ4n) is 1.57. The van der Waals surface area contributed by atoms with Gasteiger partial charge in [0.2, 0.25) is 0 Å². The molecule has 0 fully saturated rings. The van der Waals surface area contributed by atoms with Crippen molar-refractivity contribution in [3.05, 3.63) is 48.0 Å². The Balaban J connectivity index is 0.00000144. The largest absolute Gasteiger partial charge is 0.345 e. The predicted molar refractivity (Wildman–Crippen MR) is 64.5 cm³/mol. The van der Waals surface area contributed by atoms with Crippen molar-refractivity contribution in [2.75, 3.05) is 6.54 Å². The van der Waals surface area contributed by atoms with Gasteiger partial charge in [0.05, 0.1) is 6.54 Å². The van der Waals surface area contributed by atoms with E-state index >= 15 is 0 Å². The van der Waals surface area contributed by atoms with E-state index in [1.807, 2.05) is 36.4 Å². The van der Waals surface area contributed by atoms with Crippen LogP contribution in [0.5, 0.6) is 0 Å². The van der Waals surface area contributed by atoms with Gasteiger partial charge in [-0.25, -0.2) is 0 Å². The molecule has 0 spiro atoms. The molecule has 0 aromatic heterocycles. The van der Waals surface area contributed by atoms with E-state index in [-0.39, 0.29) is 13.9 Å². The van der Waals surface area contributed by atoms with Crippen LogP contribution in [0.25, 0.3) is 10.8 Å². The minimum absolute atomic E-state index is 0. The number of aldehydes is 1. The molecular weight excluding hydrogens is 202 g/mol. The Labute approximate surface area is 94.6 Å². The monoisotopic (exact) mass is 215 g/mol. The number of benzene rings is 2. The number of rotatable bonds is 3. The van der Waals surface area contributed by atoms with Crippen molar-refractivity contribution in [3.8, 4) is 0 Å². The molecule has 0 radical (unpaired) electrons. The zero-order valence-corrected chi connectivity index (χ0v) is 8.64. The van der Waals surface area contributed by atoms with E-state index in [0.717, 1.165) is 10.8 Å². The Morgan fingerprint density at radius 1 is 1.19 bits per heavy atom. The molecule has 2 aromatic rings. The fraction of sp³-hybridized carbons (Fsp3) is 0.0769. The van der Waals surface area contributed by atoms with Crippen LogP contribution in [-0.4, -0.2) is 18.7 Å². The lowest BCUT2D eigenvalue weighted by molar-refractivity contribution is -0.107. The lowest BCUT2D eigenvalue weighted by atomic mass is 10.1. The zero-order valence-electron chi connectivity index (χ0n) is 8.64. The predicted octanol–water partition coefficient (Wildman–Crippen LogP) is 2.01. The van der Waals surface area contributed by atoms with Gasteiger partial charge in [0.1, 0.15) is 6.29 Å². The summed E-state index contributed by atoms with van der Waals surface area (Å²) < 4.78 is 0. The van der Waals surface area contributed by atoms with Gasteiger partial charge < -0.3 is 10.1 Å². The highest BCUT2D eigenvalue weighted by atomic mass is 16.2. The maximum atomic E-state index is 11.6. The molecule has 0 saturated carbocycles. The van der Waals surface area contributed by atoms with E-state index in [9.17, 15) is 9.59 Å². The van der Waals surface area contributed by atoms with Crippen LogP contribution in [0.4, 0.5) is 0 Å². The molecule has 0 heterocycles. The van der Waals surface area contributed by atoms with Crippen LogP contribution >= 0.6 is 0 Å². The topological polar surface area (TPSA) is 46.2 Å². The van der Waals surface area contributed by atoms with Crippen LogP contribution in [0.1, 0.15) is 11.8 Å². The molecule has 0 aliphatic rings. The van der Waals surface area contributed by atoms with Gasteiger partial charge in [-0.1, -0.05) is 30.3 Å². The molecule has 0 aliphatic heterocycles. The van der Waals surface area contributed by atoms with Crippen LogP contribution in [0, 0.1) is 0 Å². The second-order valence-electron chi connectivity index (χ2n) is 3.44. The molecule has 0 saturated heterocycles. The van der Waals surface area contributed by atoms with Gasteiger partial charge in [-0.15, -0.1) is 0 Å². The van der Waals surface area contributed by atoms with Gasteiger partial charge in [-0.3, -0.25) is 4.79 Å². The summed E-state index contributed by atoms with van der Waals surface area (Å²) in [5.74, 6) is -0.224. The lowest BCUT2D eigenvalue weighted by Crippen LogP contribution is -2.24. The molecule has 2 aromatic carbocycles. The van der Waals surface area contributed by atoms with Gasteiger partial charge in [-0.2, -0.15) is 0 Å². The normalized spacial score (nSPS) is 10.0. The Morgan fingerprint density at radius 2 is 1.94 bits per heavy atom. The third-order valence-corrected chi connectivity index (χ3v) is 2.36. The summed E-state index contributed by atoms with van der Waals surface area (Å²) >= 11 is 0. The highest BCUT2D eigenvalue weighted by molar-refractivity contribution is 5.99. The van der Waals surface area contributed by atoms with Crippen LogP contribution in [0.2, 0.25) is 0 Å². The maximum absolute atomic E-state index is 11.6. The summed E-state index contributed by atoms with van der Waals surface area (Å²) in [6, 6.07) is 13.3. The second kappa shape index (κ2) is 4.57. The molecule has 1 amide bonds. The van der Waals surface area contributed by atoms with Gasteiger partial charge >= 0.3 is 0 Å². The van der Waals surface area contributed by atoms with Gasteiger partial charge in [-0.05, 0) is 22.9 Å². The number of carbonyl (C=O) groups excluding carboxylic acids is 2. The smallest absolute Gasteiger partial charge is 0.251 e. The van der Waals surface area contributed by atoms with Crippen molar-refractivity contribution >= 4 is 23.0 Å². The molecule has 3 nitrogen and oxygen atoms in total. The first-order valence-electron chi connectivity index (χ1n) is 5.02. The molecule has 0 atom stereocenters. The minimum atomic E-state index is -0.224. The van der Waals surface area contributed by atoms with Crippen molar-refractivity contribution < 1.29 is 11.0 Å². The van der Waals surface area contributed by atoms with E-state index < -0.39 is 0 Å². The molecule has 0 unspecified atom stereocenters. The summed E-state index contributed by atoms with van der Waals surface area (Å²) in [4.78, 5) is 21.7. The highest BCUT2D eigenvalue weighted by Crippen LogP contribution is 2.15. The molecule has 16 heavy (non-hydrogen) atoms. The number of hydrogen-bond acceptors (Lipinski definition) is 2. The standard InChI is InChI=1S/C13H11NO2.H2/c15-8-7-14-13(16)12-6-5-10-3-1-2-4-11(10)9-12;/h1-6,8-9H,7H2,(H,14,16);1H. The number of hydrogen-bond donors (Lipinski definition) is 1. The SMILES string of the molecule is O=CCNC(=O)c1ccc2ccccc2c1.[HH]. The first-order valence-corrected chi connectivity index (χ1v) is 5.02. The Bertz CT molecular complexity index is 540. The average Bonchev–Trinajstić information content (AvgIpc) is 2.35. The number of fused-ring (bicyclic) bond motifs is 1. The number of nitrogens with one attached hydrogen (secondary N) is 1. The molecular formula is C13H13NO2. The van der Waals surface area contributed by atoms with E-state index in [2.05, 4.69) is 5.32 Å². The van der Waals surface area contributed by atoms with E-state index in [0.29, 0.717) is 11.8 Å². The number of amides is 1. The Kier molecular flexibility index (Phi) is 2.96. The summed E-state index contributed by atoms with van der Waals surface area (Å²) in [5.41, 5.74) is 0.570. The van der Waals surface area contributed by atoms with Crippen LogP contribution in [0.3, 0.4) is 0 Å². The van der Waals surface area contributed by atoms with Gasteiger partial charge in [0.25, 0.3) is 5.91 Å². The summed E-state index contributed by atoms with van der Waals surface area (Å²) in [7, 11) is 0. The van der Waals surface area contributed by atoms with Gasteiger partial charge in [0, 0.05) is 6.99 Å². The molecule has 1 N–H and O–H groups in total. The minimum Gasteiger partial charge on any atom is -0.345 e. The number of carbonyl (C=O) groups is 2. The lowest BCUT2D eigenvalue weighted by Gasteiger charge is -2.03. The second-order valence-corrected chi connectivity index (χ2v) is 3.44. The molecule has 0 bridgehead atoms. The Morgan fingerprint density at radius 3 is 2.69 bits per heavy atom. The van der Waals surface area contributed by atoms with Crippen molar-refractivity contribution in [2.24, 2.45) is 0 Å². The van der Waals surface area contributed by atoms with Crippen LogP contribution < -0.4 is 5.32 Å². The summed E-state index contributed by atoms with van der Waals surface area (Å²) in [6.45, 7) is 0.0473. The van der Waals surface area contributed by atoms with Crippen LogP contribution in [-0.2, 0) is 4.79 Å². The maximum Gasteiger partial charge on any atom is 0.251 e. The molecule has 2 rings (SSSR count). The first kappa shape index (κ1) is 10.4. The van der Waals surface area contributed by atoms with E-state index in [4.69, 9.17) is 0 Å². The van der Waals surface area contributed by atoms with Crippen molar-refractivity contribution in [3.63, 3.8) is 0 Å². The van der Waals surface area contributed by atoms with E-state index in [1.54, 1.807) is 6.07 Å². The average molecular weight is 215 g/mol. The summed E-state index contributed by atoms with van der Waals surface area (Å²) in [5, 5.41) is 4.61. The summed E-state index contributed by atoms with van der Waals surface area (Å²) in [6.07, 6.45) is 0.666. The van der Waals surface area contributed by atoms with Gasteiger partial charge in [0.15, 0.2) is 0 Å². The molecule has 3 heteroatoms. The van der Waals surface area contributed by atoms with Crippen molar-refractivity contribution in [1.29, 1.82) is 0 Å².